The molecule has 9 nitrogen and oxygen atoms in total. The monoisotopic (exact) mass is 530 g/mol. The zero-order chi connectivity index (χ0) is 27.1. The molecule has 9 heteroatoms. The van der Waals surface area contributed by atoms with Crippen molar-refractivity contribution in [2.24, 2.45) is 12.5 Å². The largest absolute Gasteiger partial charge is 0.381 e. The highest BCUT2D eigenvalue weighted by Crippen LogP contribution is 2.32. The fraction of sp³-hybridized carbons (Fsp3) is 0.533. The van der Waals surface area contributed by atoms with Gasteiger partial charge in [-0.15, -0.1) is 10.2 Å². The average Bonchev–Trinajstić information content (AvgIpc) is 3.43. The van der Waals surface area contributed by atoms with Gasteiger partial charge in [0, 0.05) is 56.5 Å². The molecule has 0 radical (unpaired) electrons. The molecule has 2 aliphatic rings. The van der Waals surface area contributed by atoms with E-state index in [0.29, 0.717) is 30.9 Å². The first kappa shape index (κ1) is 26.1. The maximum absolute atomic E-state index is 13.3. The van der Waals surface area contributed by atoms with E-state index in [0.717, 1.165) is 65.7 Å². The zero-order valence-electron chi connectivity index (χ0n) is 23.4. The lowest BCUT2D eigenvalue weighted by atomic mass is 9.93. The second kappa shape index (κ2) is 10.4. The number of nitrogens with zero attached hydrogens (tertiary/aromatic N) is 6. The Labute approximate surface area is 228 Å². The lowest BCUT2D eigenvalue weighted by Crippen LogP contribution is -2.29. The number of aromatic nitrogens is 5. The van der Waals surface area contributed by atoms with E-state index < -0.39 is 0 Å². The van der Waals surface area contributed by atoms with Crippen molar-refractivity contribution in [2.45, 2.75) is 52.2 Å². The van der Waals surface area contributed by atoms with E-state index in [1.165, 1.54) is 6.42 Å². The zero-order valence-corrected chi connectivity index (χ0v) is 23.4. The van der Waals surface area contributed by atoms with E-state index in [-0.39, 0.29) is 17.8 Å². The fourth-order valence-corrected chi connectivity index (χ4v) is 6.03. The first-order valence-electron chi connectivity index (χ1n) is 14.1. The number of fused-ring (bicyclic) bond motifs is 3. The minimum Gasteiger partial charge on any atom is -0.381 e. The van der Waals surface area contributed by atoms with E-state index in [4.69, 9.17) is 14.5 Å². The van der Waals surface area contributed by atoms with Gasteiger partial charge in [0.25, 0.3) is 0 Å². The van der Waals surface area contributed by atoms with Gasteiger partial charge in [-0.2, -0.15) is 0 Å². The first-order chi connectivity index (χ1) is 18.8. The Morgan fingerprint density at radius 3 is 2.64 bits per heavy atom. The molecule has 2 aliphatic heterocycles. The molecule has 206 valence electrons. The number of pyridine rings is 1. The van der Waals surface area contributed by atoms with Crippen LogP contribution >= 0.6 is 0 Å². The minimum absolute atomic E-state index is 0.0578. The molecular formula is C30H38N6O3. The van der Waals surface area contributed by atoms with Gasteiger partial charge in [-0.05, 0) is 61.9 Å². The summed E-state index contributed by atoms with van der Waals surface area (Å²) in [5, 5.41) is 9.75. The summed E-state index contributed by atoms with van der Waals surface area (Å²) in [6.45, 7) is 12.0. The molecule has 1 aromatic carbocycles. The molecule has 5 heterocycles. The van der Waals surface area contributed by atoms with Crippen LogP contribution in [-0.4, -0.2) is 68.7 Å². The number of hydrogen-bond acceptors (Lipinski definition) is 7. The predicted molar refractivity (Wildman–Crippen MR) is 152 cm³/mol. The number of rotatable bonds is 7. The molecule has 3 aromatic heterocycles. The molecule has 0 amide bonds. The van der Waals surface area contributed by atoms with Crippen LogP contribution in [-0.2, 0) is 16.5 Å². The molecular weight excluding hydrogens is 492 g/mol. The highest BCUT2D eigenvalue weighted by molar-refractivity contribution is 6.02. The Bertz CT molecular complexity index is 1530. The Morgan fingerprint density at radius 2 is 1.92 bits per heavy atom. The van der Waals surface area contributed by atoms with Crippen LogP contribution in [0.1, 0.15) is 57.9 Å². The molecule has 0 bridgehead atoms. The third kappa shape index (κ3) is 5.11. The van der Waals surface area contributed by atoms with Crippen LogP contribution in [0.4, 0.5) is 0 Å². The van der Waals surface area contributed by atoms with Gasteiger partial charge < -0.3 is 14.4 Å². The van der Waals surface area contributed by atoms with Crippen molar-refractivity contribution in [3.8, 4) is 11.1 Å². The average molecular weight is 531 g/mol. The van der Waals surface area contributed by atoms with Gasteiger partial charge in [0.2, 0.25) is 0 Å². The molecule has 0 spiro atoms. The fourth-order valence-electron chi connectivity index (χ4n) is 6.03. The summed E-state index contributed by atoms with van der Waals surface area (Å²) in [4.78, 5) is 20.5. The first-order valence-corrected chi connectivity index (χ1v) is 14.1. The SMILES string of the molecule is C[C@@H](OCCN1CCC(C)(C)C1)c1ccc(-c2ccc3nnc4c(c3c2)n(C2CCOCC2)c(=O)n4C)cn1. The van der Waals surface area contributed by atoms with E-state index in [1.54, 1.807) is 11.6 Å². The van der Waals surface area contributed by atoms with Gasteiger partial charge in [0.15, 0.2) is 5.65 Å². The van der Waals surface area contributed by atoms with Crippen LogP contribution < -0.4 is 5.69 Å². The second-order valence-corrected chi connectivity index (χ2v) is 11.8. The van der Waals surface area contributed by atoms with E-state index in [2.05, 4.69) is 48.0 Å². The quantitative estimate of drug-likeness (QED) is 0.348. The van der Waals surface area contributed by atoms with Crippen LogP contribution in [0.5, 0.6) is 0 Å². The van der Waals surface area contributed by atoms with Crippen LogP contribution in [0.25, 0.3) is 33.2 Å². The van der Waals surface area contributed by atoms with Gasteiger partial charge in [-0.3, -0.25) is 14.1 Å². The maximum Gasteiger partial charge on any atom is 0.330 e. The summed E-state index contributed by atoms with van der Waals surface area (Å²) in [6, 6.07) is 10.3. The Balaban J connectivity index is 1.24. The smallest absolute Gasteiger partial charge is 0.330 e. The molecule has 0 N–H and O–H groups in total. The number of aryl methyl sites for hydroxylation is 1. The molecule has 2 fully saturated rings. The van der Waals surface area contributed by atoms with Crippen molar-refractivity contribution in [3.63, 3.8) is 0 Å². The van der Waals surface area contributed by atoms with E-state index in [1.807, 2.05) is 29.0 Å². The predicted octanol–water partition coefficient (Wildman–Crippen LogP) is 4.51. The van der Waals surface area contributed by atoms with Gasteiger partial charge in [0.1, 0.15) is 5.52 Å². The highest BCUT2D eigenvalue weighted by atomic mass is 16.5. The van der Waals surface area contributed by atoms with Gasteiger partial charge in [-0.1, -0.05) is 26.0 Å². The van der Waals surface area contributed by atoms with Crippen LogP contribution in [0.3, 0.4) is 0 Å². The van der Waals surface area contributed by atoms with Crippen molar-refractivity contribution >= 4 is 22.1 Å². The molecule has 0 saturated carbocycles. The van der Waals surface area contributed by atoms with Crippen molar-refractivity contribution in [1.82, 2.24) is 29.2 Å². The third-order valence-electron chi connectivity index (χ3n) is 8.39. The second-order valence-electron chi connectivity index (χ2n) is 11.8. The Morgan fingerprint density at radius 1 is 1.13 bits per heavy atom. The molecule has 4 aromatic rings. The normalized spacial score (nSPS) is 19.3. The van der Waals surface area contributed by atoms with Gasteiger partial charge >= 0.3 is 5.69 Å². The topological polar surface area (TPSA) is 87.3 Å². The number of benzene rings is 1. The number of hydrogen-bond donors (Lipinski definition) is 0. The molecule has 0 aliphatic carbocycles. The summed E-state index contributed by atoms with van der Waals surface area (Å²) in [5.41, 5.74) is 5.52. The minimum atomic E-state index is -0.0700. The summed E-state index contributed by atoms with van der Waals surface area (Å²) < 4.78 is 15.2. The Hall–Kier alpha value is -3.14. The molecule has 39 heavy (non-hydrogen) atoms. The highest BCUT2D eigenvalue weighted by Gasteiger charge is 2.29. The number of ether oxygens (including phenoxy) is 2. The van der Waals surface area contributed by atoms with Crippen molar-refractivity contribution in [2.75, 3.05) is 39.5 Å². The maximum atomic E-state index is 13.3. The van der Waals surface area contributed by atoms with Crippen molar-refractivity contribution in [3.05, 3.63) is 52.7 Å². The van der Waals surface area contributed by atoms with Crippen LogP contribution in [0.2, 0.25) is 0 Å². The van der Waals surface area contributed by atoms with Crippen LogP contribution in [0.15, 0.2) is 41.3 Å². The van der Waals surface area contributed by atoms with E-state index in [9.17, 15) is 4.79 Å². The molecule has 1 atom stereocenters. The number of imidazole rings is 1. The number of likely N-dealkylation sites (tertiary alicyclic amines) is 1. The van der Waals surface area contributed by atoms with E-state index >= 15 is 0 Å². The van der Waals surface area contributed by atoms with Crippen molar-refractivity contribution < 1.29 is 9.47 Å². The molecule has 0 unspecified atom stereocenters. The van der Waals surface area contributed by atoms with Gasteiger partial charge in [0.05, 0.1) is 23.9 Å². The lowest BCUT2D eigenvalue weighted by molar-refractivity contribution is 0.0478. The summed E-state index contributed by atoms with van der Waals surface area (Å²) in [7, 11) is 1.77. The lowest BCUT2D eigenvalue weighted by Gasteiger charge is -2.23. The molecule has 2 saturated heterocycles. The van der Waals surface area contributed by atoms with Crippen LogP contribution in [0, 0.1) is 5.41 Å². The summed E-state index contributed by atoms with van der Waals surface area (Å²) in [5.74, 6) is 0. The Kier molecular flexibility index (Phi) is 6.99. The van der Waals surface area contributed by atoms with Gasteiger partial charge in [-0.25, -0.2) is 4.79 Å². The van der Waals surface area contributed by atoms with Crippen molar-refractivity contribution in [1.29, 1.82) is 0 Å². The summed E-state index contributed by atoms with van der Waals surface area (Å²) in [6.07, 6.45) is 4.70. The third-order valence-corrected chi connectivity index (χ3v) is 8.39. The standard InChI is InChI=1S/C30H38N6O3/c1-20(39-16-13-35-12-11-30(2,3)19-35)25-7-6-22(18-31-25)21-5-8-26-24(17-21)27-28(33-32-26)34(4)29(37)36(27)23-9-14-38-15-10-23/h5-8,17-18,20,23H,9-16,19H2,1-4H3/t20-/m1/s1. The summed E-state index contributed by atoms with van der Waals surface area (Å²) >= 11 is 0. The molecule has 6 rings (SSSR count).